The number of aromatic nitrogens is 1. The molecule has 1 aliphatic heterocycles. The molecule has 1 N–H and O–H groups in total. The molecule has 0 bridgehead atoms. The first-order valence-corrected chi connectivity index (χ1v) is 7.44. The Labute approximate surface area is 121 Å². The van der Waals surface area contributed by atoms with Crippen LogP contribution in [0.2, 0.25) is 0 Å². The van der Waals surface area contributed by atoms with Crippen molar-refractivity contribution in [2.75, 3.05) is 19.6 Å². The maximum Gasteiger partial charge on any atom is 0.270 e. The molecule has 0 atom stereocenters. The lowest BCUT2D eigenvalue weighted by atomic mass is 10.1. The van der Waals surface area contributed by atoms with E-state index in [0.29, 0.717) is 12.6 Å². The molecule has 2 rings (SSSR count). The number of hydrogen-bond acceptors (Lipinski definition) is 2. The Balaban J connectivity index is 2.21. The van der Waals surface area contributed by atoms with Gasteiger partial charge in [0.1, 0.15) is 5.69 Å². The van der Waals surface area contributed by atoms with Gasteiger partial charge in [0.05, 0.1) is 0 Å². The Kier molecular flexibility index (Phi) is 5.01. The summed E-state index contributed by atoms with van der Waals surface area (Å²) in [7, 11) is 0. The van der Waals surface area contributed by atoms with Crippen LogP contribution in [0.25, 0.3) is 0 Å². The molecule has 4 heteroatoms. The van der Waals surface area contributed by atoms with Gasteiger partial charge in [-0.15, -0.1) is 6.58 Å². The zero-order chi connectivity index (χ0) is 14.5. The summed E-state index contributed by atoms with van der Waals surface area (Å²) in [5, 5.41) is 3.36. The fourth-order valence-corrected chi connectivity index (χ4v) is 2.79. The van der Waals surface area contributed by atoms with Crippen LogP contribution in [0.3, 0.4) is 0 Å². The summed E-state index contributed by atoms with van der Waals surface area (Å²) >= 11 is 0. The highest BCUT2D eigenvalue weighted by molar-refractivity contribution is 5.93. The molecule has 0 spiro atoms. The fraction of sp³-hybridized carbons (Fsp3) is 0.562. The van der Waals surface area contributed by atoms with Gasteiger partial charge in [-0.05, 0) is 51.9 Å². The first-order chi connectivity index (χ1) is 9.65. The summed E-state index contributed by atoms with van der Waals surface area (Å²) in [5.41, 5.74) is 0.799. The minimum atomic E-state index is 0.100. The maximum absolute atomic E-state index is 12.7. The van der Waals surface area contributed by atoms with Crippen molar-refractivity contribution in [3.05, 3.63) is 36.7 Å². The van der Waals surface area contributed by atoms with Crippen LogP contribution in [0, 0.1) is 0 Å². The fourth-order valence-electron chi connectivity index (χ4n) is 2.79. The first-order valence-electron chi connectivity index (χ1n) is 7.44. The average Bonchev–Trinajstić information content (AvgIpc) is 2.94. The summed E-state index contributed by atoms with van der Waals surface area (Å²) in [6.45, 7) is 10.5. The molecule has 1 aromatic heterocycles. The van der Waals surface area contributed by atoms with Crippen LogP contribution in [0.15, 0.2) is 31.0 Å². The Bertz CT molecular complexity index is 458. The normalized spacial score (nSPS) is 16.4. The van der Waals surface area contributed by atoms with Crippen molar-refractivity contribution in [2.24, 2.45) is 0 Å². The molecule has 20 heavy (non-hydrogen) atoms. The number of piperidine rings is 1. The molecule has 0 aromatic carbocycles. The molecule has 1 fully saturated rings. The summed E-state index contributed by atoms with van der Waals surface area (Å²) in [6.07, 6.45) is 5.99. The molecule has 0 saturated carbocycles. The second-order valence-electron chi connectivity index (χ2n) is 5.62. The topological polar surface area (TPSA) is 37.3 Å². The zero-order valence-electron chi connectivity index (χ0n) is 12.5. The maximum atomic E-state index is 12.7. The van der Waals surface area contributed by atoms with Crippen LogP contribution < -0.4 is 5.32 Å². The van der Waals surface area contributed by atoms with Crippen molar-refractivity contribution < 1.29 is 4.79 Å². The molecule has 4 nitrogen and oxygen atoms in total. The van der Waals surface area contributed by atoms with E-state index in [0.717, 1.165) is 31.6 Å². The first kappa shape index (κ1) is 14.9. The van der Waals surface area contributed by atoms with E-state index in [2.05, 4.69) is 16.5 Å². The monoisotopic (exact) mass is 275 g/mol. The highest BCUT2D eigenvalue weighted by Gasteiger charge is 2.24. The molecule has 110 valence electrons. The van der Waals surface area contributed by atoms with Crippen LogP contribution in [0.1, 0.15) is 43.2 Å². The zero-order valence-corrected chi connectivity index (χ0v) is 12.5. The highest BCUT2D eigenvalue weighted by Crippen LogP contribution is 2.22. The average molecular weight is 275 g/mol. The van der Waals surface area contributed by atoms with Gasteiger partial charge in [0.25, 0.3) is 5.91 Å². The van der Waals surface area contributed by atoms with Crippen LogP contribution in [0.5, 0.6) is 0 Å². The predicted molar refractivity (Wildman–Crippen MR) is 81.9 cm³/mol. The van der Waals surface area contributed by atoms with E-state index in [1.54, 1.807) is 6.08 Å². The lowest BCUT2D eigenvalue weighted by Gasteiger charge is -2.29. The van der Waals surface area contributed by atoms with E-state index in [9.17, 15) is 4.79 Å². The van der Waals surface area contributed by atoms with Gasteiger partial charge < -0.3 is 14.8 Å². The van der Waals surface area contributed by atoms with Gasteiger partial charge in [0.2, 0.25) is 0 Å². The smallest absolute Gasteiger partial charge is 0.270 e. The van der Waals surface area contributed by atoms with Crippen molar-refractivity contribution in [2.45, 2.75) is 38.8 Å². The van der Waals surface area contributed by atoms with Crippen LogP contribution >= 0.6 is 0 Å². The minimum absolute atomic E-state index is 0.100. The molecule has 0 radical (unpaired) electrons. The van der Waals surface area contributed by atoms with Crippen LogP contribution in [-0.4, -0.2) is 41.1 Å². The standard InChI is InChI=1S/C16H25N3O/c1-4-11-18(13(2)3)16(20)15-6-5-12-19(15)14-7-9-17-10-8-14/h4-6,12-14,17H,1,7-11H2,2-3H3. The Morgan fingerprint density at radius 1 is 1.55 bits per heavy atom. The molecular formula is C16H25N3O. The van der Waals surface area contributed by atoms with E-state index in [4.69, 9.17) is 0 Å². The van der Waals surface area contributed by atoms with Gasteiger partial charge in [-0.3, -0.25) is 4.79 Å². The van der Waals surface area contributed by atoms with Gasteiger partial charge in [0.15, 0.2) is 0 Å². The van der Waals surface area contributed by atoms with Crippen LogP contribution in [-0.2, 0) is 0 Å². The number of nitrogens with zero attached hydrogens (tertiary/aromatic N) is 2. The largest absolute Gasteiger partial charge is 0.340 e. The Hall–Kier alpha value is -1.55. The van der Waals surface area contributed by atoms with Gasteiger partial charge in [-0.1, -0.05) is 6.08 Å². The molecule has 2 heterocycles. The van der Waals surface area contributed by atoms with Crippen molar-refractivity contribution in [3.8, 4) is 0 Å². The van der Waals surface area contributed by atoms with E-state index in [1.807, 2.05) is 37.1 Å². The molecule has 1 saturated heterocycles. The summed E-state index contributed by atoms with van der Waals surface area (Å²) in [4.78, 5) is 14.6. The third kappa shape index (κ3) is 3.12. The SMILES string of the molecule is C=CCN(C(=O)c1cccn1C1CCNCC1)C(C)C. The second-order valence-corrected chi connectivity index (χ2v) is 5.62. The summed E-state index contributed by atoms with van der Waals surface area (Å²) < 4.78 is 2.15. The predicted octanol–water partition coefficient (Wildman–Crippen LogP) is 2.45. The van der Waals surface area contributed by atoms with E-state index in [-0.39, 0.29) is 11.9 Å². The quantitative estimate of drug-likeness (QED) is 0.838. The van der Waals surface area contributed by atoms with E-state index >= 15 is 0 Å². The third-order valence-corrected chi connectivity index (χ3v) is 3.91. The molecule has 1 amide bonds. The number of carbonyl (C=O) groups is 1. The van der Waals surface area contributed by atoms with Gasteiger partial charge >= 0.3 is 0 Å². The molecule has 1 aromatic rings. The van der Waals surface area contributed by atoms with Crippen molar-refractivity contribution >= 4 is 5.91 Å². The van der Waals surface area contributed by atoms with Gasteiger partial charge in [0, 0.05) is 24.8 Å². The van der Waals surface area contributed by atoms with Crippen molar-refractivity contribution in [3.63, 3.8) is 0 Å². The number of rotatable bonds is 5. The van der Waals surface area contributed by atoms with Gasteiger partial charge in [-0.2, -0.15) is 0 Å². The molecule has 0 aliphatic carbocycles. The Morgan fingerprint density at radius 2 is 2.25 bits per heavy atom. The number of carbonyl (C=O) groups excluding carboxylic acids is 1. The summed E-state index contributed by atoms with van der Waals surface area (Å²) in [5.74, 6) is 0.100. The van der Waals surface area contributed by atoms with Crippen molar-refractivity contribution in [1.82, 2.24) is 14.8 Å². The third-order valence-electron chi connectivity index (χ3n) is 3.91. The number of hydrogen-bond donors (Lipinski definition) is 1. The van der Waals surface area contributed by atoms with E-state index in [1.165, 1.54) is 0 Å². The summed E-state index contributed by atoms with van der Waals surface area (Å²) in [6, 6.07) is 4.52. The molecule has 1 aliphatic rings. The lowest BCUT2D eigenvalue weighted by Crippen LogP contribution is -2.39. The highest BCUT2D eigenvalue weighted by atomic mass is 16.2. The minimum Gasteiger partial charge on any atom is -0.340 e. The number of nitrogens with one attached hydrogen (secondary N) is 1. The molecule has 0 unspecified atom stereocenters. The van der Waals surface area contributed by atoms with Gasteiger partial charge in [-0.25, -0.2) is 0 Å². The molecular weight excluding hydrogens is 250 g/mol. The Morgan fingerprint density at radius 3 is 2.85 bits per heavy atom. The van der Waals surface area contributed by atoms with E-state index < -0.39 is 0 Å². The van der Waals surface area contributed by atoms with Crippen LogP contribution in [0.4, 0.5) is 0 Å². The van der Waals surface area contributed by atoms with Crippen molar-refractivity contribution in [1.29, 1.82) is 0 Å². The lowest BCUT2D eigenvalue weighted by molar-refractivity contribution is 0.0714. The number of amides is 1. The second kappa shape index (κ2) is 6.75.